The Labute approximate surface area is 137 Å². The molecule has 1 amide bonds. The number of aryl methyl sites for hydroxylation is 1. The van der Waals surface area contributed by atoms with Gasteiger partial charge in [0.15, 0.2) is 0 Å². The highest BCUT2D eigenvalue weighted by atomic mass is 16.5. The van der Waals surface area contributed by atoms with Crippen LogP contribution >= 0.6 is 0 Å². The van der Waals surface area contributed by atoms with Crippen molar-refractivity contribution in [3.05, 3.63) is 29.3 Å². The molecule has 2 heterocycles. The lowest BCUT2D eigenvalue weighted by atomic mass is 10.1. The molecule has 3 rings (SSSR count). The fourth-order valence-corrected chi connectivity index (χ4v) is 3.11. The number of carbonyl (C=O) groups excluding carboxylic acids is 1. The normalized spacial score (nSPS) is 23.9. The van der Waals surface area contributed by atoms with Crippen molar-refractivity contribution in [2.24, 2.45) is 0 Å². The number of nitrogens with one attached hydrogen (secondary N) is 2. The van der Waals surface area contributed by atoms with Crippen LogP contribution in [0.1, 0.15) is 36.8 Å². The summed E-state index contributed by atoms with van der Waals surface area (Å²) in [7, 11) is 0. The fourth-order valence-electron chi connectivity index (χ4n) is 3.11. The molecule has 2 fully saturated rings. The SMILES string of the molecule is Cc1ccc(CNC(=O)C2CCCN2)c(OCC2CCCO2)c1. The lowest BCUT2D eigenvalue weighted by molar-refractivity contribution is -0.122. The largest absolute Gasteiger partial charge is 0.491 e. The molecule has 2 saturated heterocycles. The molecule has 1 aromatic carbocycles. The molecule has 126 valence electrons. The first-order valence-electron chi connectivity index (χ1n) is 8.57. The molecule has 23 heavy (non-hydrogen) atoms. The summed E-state index contributed by atoms with van der Waals surface area (Å²) in [4.78, 5) is 12.1. The maximum absolute atomic E-state index is 12.1. The summed E-state index contributed by atoms with van der Waals surface area (Å²) in [5, 5.41) is 6.23. The molecule has 2 unspecified atom stereocenters. The quantitative estimate of drug-likeness (QED) is 0.841. The average Bonchev–Trinajstić information content (AvgIpc) is 3.25. The van der Waals surface area contributed by atoms with Crippen molar-refractivity contribution in [2.75, 3.05) is 19.8 Å². The van der Waals surface area contributed by atoms with E-state index in [-0.39, 0.29) is 18.1 Å². The number of carbonyl (C=O) groups is 1. The van der Waals surface area contributed by atoms with E-state index >= 15 is 0 Å². The van der Waals surface area contributed by atoms with Crippen LogP contribution in [0.4, 0.5) is 0 Å². The molecule has 2 aliphatic rings. The zero-order valence-electron chi connectivity index (χ0n) is 13.8. The van der Waals surface area contributed by atoms with Gasteiger partial charge in [0.25, 0.3) is 0 Å². The van der Waals surface area contributed by atoms with Crippen LogP contribution in [0.3, 0.4) is 0 Å². The predicted octanol–water partition coefficient (Wildman–Crippen LogP) is 1.92. The molecule has 5 nitrogen and oxygen atoms in total. The van der Waals surface area contributed by atoms with E-state index in [0.29, 0.717) is 13.2 Å². The summed E-state index contributed by atoms with van der Waals surface area (Å²) in [6, 6.07) is 6.07. The van der Waals surface area contributed by atoms with Crippen LogP contribution in [0.15, 0.2) is 18.2 Å². The van der Waals surface area contributed by atoms with Crippen molar-refractivity contribution in [2.45, 2.75) is 51.3 Å². The van der Waals surface area contributed by atoms with Gasteiger partial charge in [-0.25, -0.2) is 0 Å². The van der Waals surface area contributed by atoms with Crippen molar-refractivity contribution in [3.8, 4) is 5.75 Å². The highest BCUT2D eigenvalue weighted by molar-refractivity contribution is 5.82. The first-order valence-corrected chi connectivity index (χ1v) is 8.57. The second-order valence-corrected chi connectivity index (χ2v) is 6.42. The van der Waals surface area contributed by atoms with Gasteiger partial charge < -0.3 is 20.1 Å². The topological polar surface area (TPSA) is 59.6 Å². The number of hydrogen-bond acceptors (Lipinski definition) is 4. The molecule has 0 radical (unpaired) electrons. The van der Waals surface area contributed by atoms with E-state index in [9.17, 15) is 4.79 Å². The molecule has 2 atom stereocenters. The van der Waals surface area contributed by atoms with Gasteiger partial charge >= 0.3 is 0 Å². The second kappa shape index (κ2) is 7.79. The maximum atomic E-state index is 12.1. The Balaban J connectivity index is 1.57. The van der Waals surface area contributed by atoms with Crippen LogP contribution in [0.25, 0.3) is 0 Å². The first-order chi connectivity index (χ1) is 11.2. The van der Waals surface area contributed by atoms with Crippen LogP contribution in [0, 0.1) is 6.92 Å². The minimum absolute atomic E-state index is 0.0447. The van der Waals surface area contributed by atoms with Crippen molar-refractivity contribution < 1.29 is 14.3 Å². The standard InChI is InChI=1S/C18H26N2O3/c1-13-6-7-14(11-20-18(21)16-5-2-8-19-16)17(10-13)23-12-15-4-3-9-22-15/h6-7,10,15-16,19H,2-5,8-9,11-12H2,1H3,(H,20,21). The zero-order valence-corrected chi connectivity index (χ0v) is 13.8. The van der Waals surface area contributed by atoms with Gasteiger partial charge in [-0.1, -0.05) is 12.1 Å². The summed E-state index contributed by atoms with van der Waals surface area (Å²) in [6.07, 6.45) is 4.35. The molecule has 0 aliphatic carbocycles. The molecule has 2 aliphatic heterocycles. The van der Waals surface area contributed by atoms with E-state index in [0.717, 1.165) is 55.7 Å². The number of rotatable bonds is 6. The van der Waals surface area contributed by atoms with Gasteiger partial charge in [-0.2, -0.15) is 0 Å². The number of benzene rings is 1. The Hall–Kier alpha value is -1.59. The Morgan fingerprint density at radius 3 is 3.04 bits per heavy atom. The van der Waals surface area contributed by atoms with Crippen LogP contribution in [0.5, 0.6) is 5.75 Å². The number of hydrogen-bond donors (Lipinski definition) is 2. The van der Waals surface area contributed by atoms with E-state index in [1.807, 2.05) is 25.1 Å². The smallest absolute Gasteiger partial charge is 0.237 e. The average molecular weight is 318 g/mol. The Morgan fingerprint density at radius 2 is 2.30 bits per heavy atom. The number of ether oxygens (including phenoxy) is 2. The highest BCUT2D eigenvalue weighted by Crippen LogP contribution is 2.22. The Kier molecular flexibility index (Phi) is 5.51. The third-order valence-electron chi connectivity index (χ3n) is 4.50. The monoisotopic (exact) mass is 318 g/mol. The van der Waals surface area contributed by atoms with Crippen LogP contribution in [-0.4, -0.2) is 37.8 Å². The Bertz CT molecular complexity index is 535. The van der Waals surface area contributed by atoms with Gasteiger partial charge in [0.2, 0.25) is 5.91 Å². The van der Waals surface area contributed by atoms with E-state index in [2.05, 4.69) is 10.6 Å². The fraction of sp³-hybridized carbons (Fsp3) is 0.611. The Morgan fingerprint density at radius 1 is 1.39 bits per heavy atom. The zero-order chi connectivity index (χ0) is 16.1. The first kappa shape index (κ1) is 16.3. The van der Waals surface area contributed by atoms with Gasteiger partial charge in [0.1, 0.15) is 12.4 Å². The summed E-state index contributed by atoms with van der Waals surface area (Å²) in [5.41, 5.74) is 2.17. The second-order valence-electron chi connectivity index (χ2n) is 6.42. The molecule has 0 saturated carbocycles. The maximum Gasteiger partial charge on any atom is 0.237 e. The summed E-state index contributed by atoms with van der Waals surface area (Å²) in [6.45, 7) is 4.88. The molecular weight excluding hydrogens is 292 g/mol. The highest BCUT2D eigenvalue weighted by Gasteiger charge is 2.22. The van der Waals surface area contributed by atoms with Crippen molar-refractivity contribution in [1.82, 2.24) is 10.6 Å². The van der Waals surface area contributed by atoms with Crippen molar-refractivity contribution in [1.29, 1.82) is 0 Å². The van der Waals surface area contributed by atoms with Gasteiger partial charge in [-0.3, -0.25) is 4.79 Å². The van der Waals surface area contributed by atoms with E-state index in [1.54, 1.807) is 0 Å². The third kappa shape index (κ3) is 4.45. The van der Waals surface area contributed by atoms with Crippen molar-refractivity contribution >= 4 is 5.91 Å². The van der Waals surface area contributed by atoms with Gasteiger partial charge in [-0.15, -0.1) is 0 Å². The third-order valence-corrected chi connectivity index (χ3v) is 4.50. The van der Waals surface area contributed by atoms with Crippen molar-refractivity contribution in [3.63, 3.8) is 0 Å². The van der Waals surface area contributed by atoms with Crippen LogP contribution < -0.4 is 15.4 Å². The van der Waals surface area contributed by atoms with Gasteiger partial charge in [-0.05, 0) is 50.8 Å². The van der Waals surface area contributed by atoms with Crippen LogP contribution in [-0.2, 0) is 16.1 Å². The summed E-state index contributed by atoms with van der Waals surface area (Å²) in [5.74, 6) is 0.924. The van der Waals surface area contributed by atoms with E-state index < -0.39 is 0 Å². The number of amides is 1. The van der Waals surface area contributed by atoms with Crippen LogP contribution in [0.2, 0.25) is 0 Å². The van der Waals surface area contributed by atoms with Gasteiger partial charge in [0.05, 0.1) is 12.1 Å². The van der Waals surface area contributed by atoms with E-state index in [4.69, 9.17) is 9.47 Å². The predicted molar refractivity (Wildman–Crippen MR) is 88.5 cm³/mol. The minimum Gasteiger partial charge on any atom is -0.491 e. The van der Waals surface area contributed by atoms with Gasteiger partial charge in [0, 0.05) is 18.7 Å². The summed E-state index contributed by atoms with van der Waals surface area (Å²) < 4.78 is 11.6. The molecule has 0 aromatic heterocycles. The molecular formula is C18H26N2O3. The van der Waals surface area contributed by atoms with E-state index in [1.165, 1.54) is 0 Å². The molecule has 0 bridgehead atoms. The molecule has 5 heteroatoms. The summed E-state index contributed by atoms with van der Waals surface area (Å²) >= 11 is 0. The molecule has 0 spiro atoms. The lowest BCUT2D eigenvalue weighted by Crippen LogP contribution is -2.40. The molecule has 2 N–H and O–H groups in total. The lowest BCUT2D eigenvalue weighted by Gasteiger charge is -2.17. The molecule has 1 aromatic rings. The minimum atomic E-state index is -0.0447.